The Labute approximate surface area is 582 Å². The highest BCUT2D eigenvalue weighted by Gasteiger charge is 2.48. The van der Waals surface area contributed by atoms with Crippen molar-refractivity contribution in [2.45, 2.75) is 195 Å². The molecular formula is C56H105N6O36P3. The van der Waals surface area contributed by atoms with Gasteiger partial charge in [0.25, 0.3) is 0 Å². The van der Waals surface area contributed by atoms with E-state index in [0.29, 0.717) is 57.8 Å². The highest BCUT2D eigenvalue weighted by molar-refractivity contribution is 7.46. The lowest BCUT2D eigenvalue weighted by molar-refractivity contribution is -0.300. The Bertz CT molecular complexity index is 2300. The third kappa shape index (κ3) is 40.1. The molecule has 15 atom stereocenters. The summed E-state index contributed by atoms with van der Waals surface area (Å²) in [6, 6.07) is 0. The topological polar surface area (TPSA) is 640 Å². The number of amides is 6. The van der Waals surface area contributed by atoms with Crippen LogP contribution >= 0.6 is 23.5 Å². The number of ether oxygens (including phenoxy) is 9. The number of carbonyl (C=O) groups excluding carboxylic acids is 6. The summed E-state index contributed by atoms with van der Waals surface area (Å²) in [5, 5.41) is 108. The van der Waals surface area contributed by atoms with Gasteiger partial charge in [-0.25, -0.2) is 13.7 Å². The predicted molar refractivity (Wildman–Crippen MR) is 340 cm³/mol. The van der Waals surface area contributed by atoms with Crippen LogP contribution in [0, 0.1) is 5.41 Å². The molecule has 3 saturated heterocycles. The number of hydrogen-bond donors (Lipinski definition) is 21. The third-order valence-corrected chi connectivity index (χ3v) is 16.7. The summed E-state index contributed by atoms with van der Waals surface area (Å²) in [5.74, 6) is -1.84. The maximum absolute atomic E-state index is 12.7. The second-order valence-electron chi connectivity index (χ2n) is 24.3. The van der Waals surface area contributed by atoms with Crippen LogP contribution < -0.4 is 31.9 Å². The highest BCUT2D eigenvalue weighted by atomic mass is 31.2. The molecule has 21 N–H and O–H groups in total. The van der Waals surface area contributed by atoms with E-state index in [4.69, 9.17) is 72.0 Å². The van der Waals surface area contributed by atoms with E-state index in [2.05, 4.69) is 45.5 Å². The second kappa shape index (κ2) is 48.6. The number of carbonyl (C=O) groups is 6. The van der Waals surface area contributed by atoms with Gasteiger partial charge in [-0.2, -0.15) is 0 Å². The molecule has 101 heavy (non-hydrogen) atoms. The number of aliphatic hydroxyl groups is 9. The molecule has 0 radical (unpaired) electrons. The lowest BCUT2D eigenvalue weighted by Gasteiger charge is -2.40. The maximum Gasteiger partial charge on any atom is 0.469 e. The minimum Gasteiger partial charge on any atom is -0.387 e. The first-order chi connectivity index (χ1) is 47.6. The number of rotatable bonds is 54. The van der Waals surface area contributed by atoms with Gasteiger partial charge in [0.15, 0.2) is 18.9 Å². The zero-order valence-corrected chi connectivity index (χ0v) is 58.8. The summed E-state index contributed by atoms with van der Waals surface area (Å²) >= 11 is 0. The molecule has 3 fully saturated rings. The minimum absolute atomic E-state index is 0.00142. The molecule has 3 aliphatic heterocycles. The zero-order chi connectivity index (χ0) is 75.2. The van der Waals surface area contributed by atoms with Gasteiger partial charge in [0.05, 0.1) is 59.5 Å². The van der Waals surface area contributed by atoms with Crippen molar-refractivity contribution >= 4 is 58.9 Å². The first-order valence-corrected chi connectivity index (χ1v) is 37.5. The van der Waals surface area contributed by atoms with Gasteiger partial charge < -0.3 is 150 Å². The fourth-order valence-electron chi connectivity index (χ4n) is 9.59. The van der Waals surface area contributed by atoms with Gasteiger partial charge in [-0.3, -0.25) is 42.3 Å². The van der Waals surface area contributed by atoms with Gasteiger partial charge >= 0.3 is 23.5 Å². The van der Waals surface area contributed by atoms with Gasteiger partial charge in [0.2, 0.25) is 35.4 Å². The molecule has 590 valence electrons. The largest absolute Gasteiger partial charge is 0.469 e. The molecule has 3 aliphatic rings. The zero-order valence-electron chi connectivity index (χ0n) is 56.1. The van der Waals surface area contributed by atoms with E-state index in [1.54, 1.807) is 6.92 Å². The van der Waals surface area contributed by atoms with E-state index in [1.165, 1.54) is 0 Å². The van der Waals surface area contributed by atoms with Crippen LogP contribution in [0.25, 0.3) is 0 Å². The van der Waals surface area contributed by atoms with Crippen LogP contribution in [-0.2, 0) is 98.7 Å². The molecule has 0 aromatic heterocycles. The smallest absolute Gasteiger partial charge is 0.387 e. The maximum atomic E-state index is 12.7. The number of hydrogen-bond acceptors (Lipinski definition) is 30. The van der Waals surface area contributed by atoms with Crippen molar-refractivity contribution in [3.05, 3.63) is 0 Å². The normalized spacial score (nSPS) is 26.3. The number of phosphoric ester groups is 3. The van der Waals surface area contributed by atoms with Crippen molar-refractivity contribution in [1.82, 2.24) is 31.9 Å². The van der Waals surface area contributed by atoms with Crippen molar-refractivity contribution in [2.24, 2.45) is 5.41 Å². The lowest BCUT2D eigenvalue weighted by atomic mass is 9.94. The van der Waals surface area contributed by atoms with Crippen LogP contribution in [0.15, 0.2) is 0 Å². The second-order valence-corrected chi connectivity index (χ2v) is 28.0. The minimum atomic E-state index is -4.92. The monoisotopic (exact) mass is 1530 g/mol. The average Bonchev–Trinajstić information content (AvgIpc) is 0.830. The molecule has 42 nitrogen and oxygen atoms in total. The van der Waals surface area contributed by atoms with Gasteiger partial charge in [0, 0.05) is 103 Å². The van der Waals surface area contributed by atoms with Gasteiger partial charge in [-0.15, -0.1) is 0 Å². The molecule has 0 bridgehead atoms. The first kappa shape index (κ1) is 91.6. The molecular weight excluding hydrogens is 1430 g/mol. The van der Waals surface area contributed by atoms with Crippen LogP contribution in [0.4, 0.5) is 0 Å². The quantitative estimate of drug-likeness (QED) is 0.0199. The molecule has 14 unspecified atom stereocenters. The molecule has 3 rings (SSSR count). The van der Waals surface area contributed by atoms with E-state index in [1.807, 2.05) is 0 Å². The van der Waals surface area contributed by atoms with Crippen molar-refractivity contribution in [2.75, 3.05) is 119 Å². The number of nitrogens with one attached hydrogen (secondary N) is 6. The van der Waals surface area contributed by atoms with E-state index >= 15 is 0 Å². The Morgan fingerprint density at radius 1 is 0.327 bits per heavy atom. The van der Waals surface area contributed by atoms with Crippen molar-refractivity contribution < 1.29 is 174 Å². The van der Waals surface area contributed by atoms with Crippen LogP contribution in [0.3, 0.4) is 0 Å². The van der Waals surface area contributed by atoms with Crippen LogP contribution in [-0.4, -0.2) is 321 Å². The van der Waals surface area contributed by atoms with E-state index in [-0.39, 0.29) is 173 Å². The van der Waals surface area contributed by atoms with Crippen LogP contribution in [0.1, 0.15) is 103 Å². The van der Waals surface area contributed by atoms with Crippen molar-refractivity contribution in [3.8, 4) is 0 Å². The molecule has 45 heteroatoms. The van der Waals surface area contributed by atoms with E-state index in [9.17, 15) is 88.4 Å². The number of phosphoric acid groups is 3. The summed E-state index contributed by atoms with van der Waals surface area (Å²) in [6.07, 6.45) is -20.6. The summed E-state index contributed by atoms with van der Waals surface area (Å²) < 4.78 is 96.0. The fourth-order valence-corrected chi connectivity index (χ4v) is 10.6. The van der Waals surface area contributed by atoms with Gasteiger partial charge in [-0.1, -0.05) is 6.92 Å². The first-order valence-electron chi connectivity index (χ1n) is 33.0. The Hall–Kier alpha value is -3.57. The van der Waals surface area contributed by atoms with Crippen molar-refractivity contribution in [3.63, 3.8) is 0 Å². The number of unbranched alkanes of at least 4 members (excludes halogenated alkanes) is 3. The Kier molecular flexibility index (Phi) is 44.1. The third-order valence-electron chi connectivity index (χ3n) is 15.2. The van der Waals surface area contributed by atoms with E-state index < -0.39 is 141 Å². The molecule has 3 heterocycles. The predicted octanol–water partition coefficient (Wildman–Crippen LogP) is -6.61. The fraction of sp³-hybridized carbons (Fsp3) is 0.893. The Morgan fingerprint density at radius 3 is 0.782 bits per heavy atom. The molecule has 0 saturated carbocycles. The molecule has 0 aromatic rings. The Balaban J connectivity index is 1.33. The molecule has 0 spiro atoms. The summed E-state index contributed by atoms with van der Waals surface area (Å²) in [7, 11) is -14.8. The van der Waals surface area contributed by atoms with Gasteiger partial charge in [-0.05, 0) is 57.8 Å². The summed E-state index contributed by atoms with van der Waals surface area (Å²) in [5.41, 5.74) is -0.835. The molecule has 0 aromatic carbocycles. The standard InChI is InChI=1S/C56H105N6O36P3/c1-56(32-87-26-14-41(66)60-20-8-17-57-38(63)11-2-5-23-90-53-50(75)47(72)44(69)35(96-53)29-93-99(78,79)80,33-88-27-15-42(67)61-21-9-18-58-39(64)12-3-6-24-91-54-51(76)48(73)45(70)36(97-54)30-94-100(81,82)83)34-89-28-16-43(68)62-22-10-19-59-40(65)13-4-7-25-92-55-52(77)49(74)46(71)37(98-55)31-95-101(84,85)86/h35-37,44-55,69-77H,2-34H2,1H3,(H,57,63)(H,58,64)(H,59,65)(H,60,66)(H,61,67)(H,62,68)(H2,78,79,80)(H2,81,82,83)(H2,84,85,86)/t35?,36?,37?,44?,45?,46?,47?,48?,49?,50-,51?,52?,53?,54?,55?,56?/m1/s1. The number of aliphatic hydroxyl groups excluding tert-OH is 9. The summed E-state index contributed by atoms with van der Waals surface area (Å²) in [4.78, 5) is 129. The van der Waals surface area contributed by atoms with Crippen LogP contribution in [0.5, 0.6) is 0 Å². The molecule has 6 amide bonds. The van der Waals surface area contributed by atoms with Crippen LogP contribution in [0.2, 0.25) is 0 Å². The lowest BCUT2D eigenvalue weighted by Crippen LogP contribution is -2.59. The van der Waals surface area contributed by atoms with Crippen molar-refractivity contribution in [1.29, 1.82) is 0 Å². The summed E-state index contributed by atoms with van der Waals surface area (Å²) in [6.45, 7) is 0.841. The molecule has 0 aliphatic carbocycles. The SMILES string of the molecule is CC(COCCC(=O)NCCCNC(=O)CCCCOC1OC(COP(=O)(O)O)C(O)C(O)C1O)(COCCC(=O)NCCCNC(=O)CCCCOC1OC(COP(=O)(O)O)C(O)C(O)C1O)COCCC(=O)NCCCNC(=O)CCCCOC1OC(COP(=O)(O)O)C(O)C(O)[C@H]1O. The van der Waals surface area contributed by atoms with E-state index in [0.717, 1.165) is 0 Å². The Morgan fingerprint density at radius 2 is 0.554 bits per heavy atom. The average molecular weight is 1530 g/mol. The van der Waals surface area contributed by atoms with Gasteiger partial charge in [0.1, 0.15) is 73.2 Å². The highest BCUT2D eigenvalue weighted by Crippen LogP contribution is 2.39.